The van der Waals surface area contributed by atoms with Crippen LogP contribution in [0.3, 0.4) is 0 Å². The fourth-order valence-corrected chi connectivity index (χ4v) is 2.11. The maximum atomic E-state index is 6.20. The Morgan fingerprint density at radius 3 is 2.79 bits per heavy atom. The smallest absolute Gasteiger partial charge is 0.254 e. The van der Waals surface area contributed by atoms with Gasteiger partial charge in [0.1, 0.15) is 0 Å². The number of aryl methyl sites for hydroxylation is 1. The highest BCUT2D eigenvalue weighted by Gasteiger charge is 2.13. The first-order valence-electron chi connectivity index (χ1n) is 6.30. The molecule has 2 heterocycles. The Kier molecular flexibility index (Phi) is 3.20. The van der Waals surface area contributed by atoms with Crippen molar-refractivity contribution in [2.45, 2.75) is 18.9 Å². The summed E-state index contributed by atoms with van der Waals surface area (Å²) in [6.07, 6.45) is 5.35. The van der Waals surface area contributed by atoms with Crippen molar-refractivity contribution in [2.24, 2.45) is 5.73 Å². The zero-order valence-electron chi connectivity index (χ0n) is 10.5. The lowest BCUT2D eigenvalue weighted by molar-refractivity contribution is 0.605. The Morgan fingerprint density at radius 2 is 1.95 bits per heavy atom. The molecule has 0 bridgehead atoms. The normalized spacial score (nSPS) is 12.7. The summed E-state index contributed by atoms with van der Waals surface area (Å²) < 4.78 is 1.84. The van der Waals surface area contributed by atoms with Gasteiger partial charge >= 0.3 is 0 Å². The highest BCUT2D eigenvalue weighted by molar-refractivity contribution is 5.27. The van der Waals surface area contributed by atoms with Crippen molar-refractivity contribution in [3.8, 4) is 0 Å². The molecule has 1 unspecified atom stereocenters. The van der Waals surface area contributed by atoms with Gasteiger partial charge in [0.2, 0.25) is 0 Å². The maximum absolute atomic E-state index is 6.20. The Labute approximate surface area is 111 Å². The molecule has 2 N–H and O–H groups in total. The minimum atomic E-state index is -0.139. The molecule has 0 amide bonds. The van der Waals surface area contributed by atoms with Gasteiger partial charge in [-0.1, -0.05) is 30.3 Å². The number of aromatic nitrogens is 4. The molecule has 3 aromatic rings. The Hall–Kier alpha value is -2.27. The summed E-state index contributed by atoms with van der Waals surface area (Å²) in [5.74, 6) is 1.35. The second-order valence-corrected chi connectivity index (χ2v) is 4.48. The molecule has 0 fully saturated rings. The summed E-state index contributed by atoms with van der Waals surface area (Å²) in [6.45, 7) is 0. The highest BCUT2D eigenvalue weighted by atomic mass is 15.3. The van der Waals surface area contributed by atoms with Gasteiger partial charge in [0.15, 0.2) is 5.82 Å². The molecule has 0 aliphatic heterocycles. The molecule has 96 valence electrons. The summed E-state index contributed by atoms with van der Waals surface area (Å²) in [4.78, 5) is 4.14. The van der Waals surface area contributed by atoms with Gasteiger partial charge < -0.3 is 5.73 Å². The zero-order chi connectivity index (χ0) is 13.1. The lowest BCUT2D eigenvalue weighted by Crippen LogP contribution is -2.15. The van der Waals surface area contributed by atoms with E-state index >= 15 is 0 Å². The van der Waals surface area contributed by atoms with Crippen LogP contribution in [0.4, 0.5) is 0 Å². The van der Waals surface area contributed by atoms with Gasteiger partial charge in [-0.2, -0.15) is 0 Å². The number of benzene rings is 1. The van der Waals surface area contributed by atoms with Crippen molar-refractivity contribution in [1.29, 1.82) is 0 Å². The fourth-order valence-electron chi connectivity index (χ4n) is 2.11. The van der Waals surface area contributed by atoms with Crippen LogP contribution in [0.25, 0.3) is 5.78 Å². The molecule has 0 saturated heterocycles. The third-order valence-electron chi connectivity index (χ3n) is 3.13. The van der Waals surface area contributed by atoms with E-state index in [2.05, 4.69) is 27.3 Å². The molecule has 5 nitrogen and oxygen atoms in total. The first-order chi connectivity index (χ1) is 9.34. The molecule has 0 aliphatic carbocycles. The van der Waals surface area contributed by atoms with Crippen molar-refractivity contribution >= 4 is 5.78 Å². The van der Waals surface area contributed by atoms with Crippen LogP contribution in [-0.2, 0) is 6.42 Å². The summed E-state index contributed by atoms with van der Waals surface area (Å²) in [7, 11) is 0. The van der Waals surface area contributed by atoms with Crippen molar-refractivity contribution in [3.63, 3.8) is 0 Å². The number of hydrogen-bond donors (Lipinski definition) is 1. The number of nitrogens with zero attached hydrogens (tertiary/aromatic N) is 4. The molecule has 0 radical (unpaired) electrons. The van der Waals surface area contributed by atoms with Crippen LogP contribution in [0.1, 0.15) is 23.9 Å². The predicted molar refractivity (Wildman–Crippen MR) is 72.5 cm³/mol. The number of hydrogen-bond acceptors (Lipinski definition) is 4. The molecular formula is C14H15N5. The minimum absolute atomic E-state index is 0.139. The Balaban J connectivity index is 1.75. The van der Waals surface area contributed by atoms with Crippen molar-refractivity contribution in [2.75, 3.05) is 0 Å². The molecule has 5 heteroatoms. The van der Waals surface area contributed by atoms with E-state index in [0.29, 0.717) is 5.78 Å². The van der Waals surface area contributed by atoms with E-state index in [0.717, 1.165) is 18.7 Å². The molecular weight excluding hydrogens is 238 g/mol. The topological polar surface area (TPSA) is 69.1 Å². The zero-order valence-corrected chi connectivity index (χ0v) is 10.5. The molecule has 1 aromatic carbocycles. The van der Waals surface area contributed by atoms with E-state index in [-0.39, 0.29) is 6.04 Å². The van der Waals surface area contributed by atoms with Crippen molar-refractivity contribution in [3.05, 3.63) is 60.2 Å². The van der Waals surface area contributed by atoms with Gasteiger partial charge in [0.05, 0.1) is 6.04 Å². The SMILES string of the molecule is NC(CCc1ccccc1)c1nnc2ncccn12. The average Bonchev–Trinajstić information content (AvgIpc) is 2.90. The van der Waals surface area contributed by atoms with Gasteiger partial charge in [0, 0.05) is 12.4 Å². The summed E-state index contributed by atoms with van der Waals surface area (Å²) in [6, 6.07) is 12.0. The molecule has 3 rings (SSSR count). The highest BCUT2D eigenvalue weighted by Crippen LogP contribution is 2.15. The second kappa shape index (κ2) is 5.16. The predicted octanol–water partition coefficient (Wildman–Crippen LogP) is 1.76. The summed E-state index contributed by atoms with van der Waals surface area (Å²) in [5.41, 5.74) is 7.48. The van der Waals surface area contributed by atoms with Gasteiger partial charge in [-0.15, -0.1) is 10.2 Å². The first kappa shape index (κ1) is 11.8. The monoisotopic (exact) mass is 253 g/mol. The molecule has 19 heavy (non-hydrogen) atoms. The third kappa shape index (κ3) is 2.46. The minimum Gasteiger partial charge on any atom is -0.321 e. The molecule has 0 spiro atoms. The number of fused-ring (bicyclic) bond motifs is 1. The standard InChI is InChI=1S/C14H15N5/c15-12(8-7-11-5-2-1-3-6-11)13-17-18-14-16-9-4-10-19(13)14/h1-6,9-10,12H,7-8,15H2. The van der Waals surface area contributed by atoms with E-state index < -0.39 is 0 Å². The van der Waals surface area contributed by atoms with Crippen LogP contribution in [0.2, 0.25) is 0 Å². The van der Waals surface area contributed by atoms with Crippen LogP contribution in [0, 0.1) is 0 Å². The van der Waals surface area contributed by atoms with E-state index in [1.165, 1.54) is 5.56 Å². The van der Waals surface area contributed by atoms with E-state index in [9.17, 15) is 0 Å². The van der Waals surface area contributed by atoms with Crippen LogP contribution >= 0.6 is 0 Å². The average molecular weight is 253 g/mol. The Bertz CT molecular complexity index is 662. The lowest BCUT2D eigenvalue weighted by atomic mass is 10.1. The van der Waals surface area contributed by atoms with Crippen LogP contribution in [0.5, 0.6) is 0 Å². The van der Waals surface area contributed by atoms with Crippen molar-refractivity contribution in [1.82, 2.24) is 19.6 Å². The molecule has 1 atom stereocenters. The third-order valence-corrected chi connectivity index (χ3v) is 3.13. The quantitative estimate of drug-likeness (QED) is 0.769. The Morgan fingerprint density at radius 1 is 1.11 bits per heavy atom. The van der Waals surface area contributed by atoms with Gasteiger partial charge in [-0.25, -0.2) is 4.98 Å². The van der Waals surface area contributed by atoms with Gasteiger partial charge in [-0.3, -0.25) is 4.40 Å². The van der Waals surface area contributed by atoms with Crippen LogP contribution in [0.15, 0.2) is 48.8 Å². The fraction of sp³-hybridized carbons (Fsp3) is 0.214. The summed E-state index contributed by atoms with van der Waals surface area (Å²) >= 11 is 0. The maximum Gasteiger partial charge on any atom is 0.254 e. The van der Waals surface area contributed by atoms with Crippen LogP contribution < -0.4 is 5.73 Å². The molecule has 0 saturated carbocycles. The second-order valence-electron chi connectivity index (χ2n) is 4.48. The van der Waals surface area contributed by atoms with Crippen molar-refractivity contribution < 1.29 is 0 Å². The number of nitrogens with two attached hydrogens (primary N) is 1. The first-order valence-corrected chi connectivity index (χ1v) is 6.30. The molecule has 2 aromatic heterocycles. The van der Waals surface area contributed by atoms with E-state index in [1.807, 2.05) is 34.9 Å². The van der Waals surface area contributed by atoms with Gasteiger partial charge in [0.25, 0.3) is 5.78 Å². The van der Waals surface area contributed by atoms with E-state index in [1.54, 1.807) is 6.20 Å². The largest absolute Gasteiger partial charge is 0.321 e. The van der Waals surface area contributed by atoms with E-state index in [4.69, 9.17) is 5.73 Å². The summed E-state index contributed by atoms with van der Waals surface area (Å²) in [5, 5.41) is 8.15. The lowest BCUT2D eigenvalue weighted by Gasteiger charge is -2.09. The number of rotatable bonds is 4. The van der Waals surface area contributed by atoms with Crippen LogP contribution in [-0.4, -0.2) is 19.6 Å². The molecule has 0 aliphatic rings. The van der Waals surface area contributed by atoms with Gasteiger partial charge in [-0.05, 0) is 24.5 Å².